The zero-order valence-corrected chi connectivity index (χ0v) is 18.2. The molecule has 6 nitrogen and oxygen atoms in total. The predicted octanol–water partition coefficient (Wildman–Crippen LogP) is 4.63. The highest BCUT2D eigenvalue weighted by atomic mass is 19.1. The molecule has 0 unspecified atom stereocenters. The summed E-state index contributed by atoms with van der Waals surface area (Å²) in [5, 5.41) is 11.0. The van der Waals surface area contributed by atoms with Gasteiger partial charge in [0.05, 0.1) is 17.7 Å². The number of carbonyl (C=O) groups is 2. The van der Waals surface area contributed by atoms with Gasteiger partial charge in [-0.25, -0.2) is 4.39 Å². The summed E-state index contributed by atoms with van der Waals surface area (Å²) in [6.07, 6.45) is 3.23. The summed E-state index contributed by atoms with van der Waals surface area (Å²) in [6.45, 7) is 3.96. The predicted molar refractivity (Wildman–Crippen MR) is 121 cm³/mol. The van der Waals surface area contributed by atoms with Gasteiger partial charge in [-0.1, -0.05) is 18.2 Å². The Hall–Kier alpha value is -4.00. The highest BCUT2D eigenvalue weighted by Crippen LogP contribution is 2.40. The van der Waals surface area contributed by atoms with Crippen molar-refractivity contribution in [1.82, 2.24) is 9.88 Å². The Balaban J connectivity index is 1.81. The van der Waals surface area contributed by atoms with Crippen LogP contribution >= 0.6 is 0 Å². The van der Waals surface area contributed by atoms with E-state index in [0.717, 1.165) is 5.56 Å². The molecule has 0 spiro atoms. The molecule has 168 valence electrons. The van der Waals surface area contributed by atoms with Crippen molar-refractivity contribution in [3.05, 3.63) is 101 Å². The van der Waals surface area contributed by atoms with Crippen molar-refractivity contribution in [2.75, 3.05) is 0 Å². The van der Waals surface area contributed by atoms with Crippen molar-refractivity contribution in [1.29, 1.82) is 0 Å². The minimum absolute atomic E-state index is 0.00876. The van der Waals surface area contributed by atoms with Crippen LogP contribution in [-0.4, -0.2) is 32.8 Å². The van der Waals surface area contributed by atoms with Crippen molar-refractivity contribution in [2.45, 2.75) is 32.5 Å². The van der Waals surface area contributed by atoms with Crippen LogP contribution < -0.4 is 4.74 Å². The third-order valence-electron chi connectivity index (χ3n) is 5.30. The highest BCUT2D eigenvalue weighted by molar-refractivity contribution is 6.46. The Morgan fingerprint density at radius 2 is 1.79 bits per heavy atom. The number of aromatic nitrogens is 1. The number of halogens is 1. The number of ether oxygens (including phenoxy) is 1. The number of ketones is 1. The molecule has 1 atom stereocenters. The number of hydrogen-bond acceptors (Lipinski definition) is 5. The van der Waals surface area contributed by atoms with Gasteiger partial charge in [0.1, 0.15) is 17.3 Å². The smallest absolute Gasteiger partial charge is 0.295 e. The van der Waals surface area contributed by atoms with E-state index in [-0.39, 0.29) is 29.5 Å². The van der Waals surface area contributed by atoms with Crippen LogP contribution in [0, 0.1) is 5.82 Å². The summed E-state index contributed by atoms with van der Waals surface area (Å²) < 4.78 is 19.1. The molecule has 33 heavy (non-hydrogen) atoms. The minimum atomic E-state index is -0.830. The molecule has 0 saturated carbocycles. The molecule has 0 radical (unpaired) electrons. The number of likely N-dealkylation sites (tertiary alicyclic amines) is 1. The van der Waals surface area contributed by atoms with Crippen molar-refractivity contribution in [3.8, 4) is 5.75 Å². The molecular formula is C26H23FN2O4. The molecule has 7 heteroatoms. The monoisotopic (exact) mass is 446 g/mol. The third kappa shape index (κ3) is 4.62. The molecule has 2 heterocycles. The van der Waals surface area contributed by atoms with Crippen LogP contribution in [0.25, 0.3) is 5.76 Å². The molecule has 1 fully saturated rings. The molecule has 3 aromatic rings. The lowest BCUT2D eigenvalue weighted by atomic mass is 9.95. The lowest BCUT2D eigenvalue weighted by molar-refractivity contribution is -0.140. The minimum Gasteiger partial charge on any atom is -0.507 e. The number of rotatable bonds is 6. The molecule has 1 aliphatic rings. The van der Waals surface area contributed by atoms with Gasteiger partial charge in [0.15, 0.2) is 0 Å². The number of pyridine rings is 1. The van der Waals surface area contributed by atoms with Crippen LogP contribution in [0.3, 0.4) is 0 Å². The summed E-state index contributed by atoms with van der Waals surface area (Å²) in [7, 11) is 0. The van der Waals surface area contributed by atoms with Gasteiger partial charge < -0.3 is 14.7 Å². The van der Waals surface area contributed by atoms with Gasteiger partial charge in [0, 0.05) is 24.5 Å². The van der Waals surface area contributed by atoms with E-state index in [2.05, 4.69) is 4.98 Å². The quantitative estimate of drug-likeness (QED) is 0.339. The standard InChI is InChI=1S/C26H23FN2O4/c1-16(2)33-21-11-7-18(8-12-21)23-22(24(30)19-5-9-20(27)10-6-19)25(31)26(32)29(23)15-17-4-3-13-28-14-17/h3-14,16,23,30H,15H2,1-2H3/t23-/m1/s1. The van der Waals surface area contributed by atoms with Crippen LogP contribution in [0.1, 0.15) is 36.6 Å². The zero-order chi connectivity index (χ0) is 23.5. The van der Waals surface area contributed by atoms with Crippen molar-refractivity contribution in [3.63, 3.8) is 0 Å². The molecular weight excluding hydrogens is 423 g/mol. The fourth-order valence-electron chi connectivity index (χ4n) is 3.84. The average Bonchev–Trinajstić information content (AvgIpc) is 3.05. The average molecular weight is 446 g/mol. The number of amides is 1. The third-order valence-corrected chi connectivity index (χ3v) is 5.30. The SMILES string of the molecule is CC(C)Oc1ccc([C@@H]2C(=C(O)c3ccc(F)cc3)C(=O)C(=O)N2Cc2cccnc2)cc1. The lowest BCUT2D eigenvalue weighted by Crippen LogP contribution is -2.29. The first kappa shape index (κ1) is 22.2. The van der Waals surface area contributed by atoms with E-state index in [9.17, 15) is 19.1 Å². The summed E-state index contributed by atoms with van der Waals surface area (Å²) in [5.74, 6) is -1.70. The molecule has 2 aromatic carbocycles. The number of aliphatic hydroxyl groups excluding tert-OH is 1. The Morgan fingerprint density at radius 3 is 2.39 bits per heavy atom. The van der Waals surface area contributed by atoms with Crippen molar-refractivity contribution >= 4 is 17.4 Å². The number of Topliss-reactive ketones (excluding diaryl/α,β-unsaturated/α-hetero) is 1. The molecule has 1 aliphatic heterocycles. The van der Waals surface area contributed by atoms with E-state index in [1.54, 1.807) is 42.7 Å². The van der Waals surface area contributed by atoms with Gasteiger partial charge in [0.2, 0.25) is 0 Å². The first-order valence-corrected chi connectivity index (χ1v) is 10.5. The Labute approximate surface area is 191 Å². The summed E-state index contributed by atoms with van der Waals surface area (Å²) in [5.41, 5.74) is 1.58. The van der Waals surface area contributed by atoms with Crippen molar-refractivity contribution < 1.29 is 23.8 Å². The molecule has 1 aromatic heterocycles. The maximum absolute atomic E-state index is 13.4. The summed E-state index contributed by atoms with van der Waals surface area (Å²) >= 11 is 0. The number of carbonyl (C=O) groups excluding carboxylic acids is 2. The zero-order valence-electron chi connectivity index (χ0n) is 18.2. The number of aliphatic hydroxyl groups is 1. The van der Waals surface area contributed by atoms with E-state index in [4.69, 9.17) is 4.74 Å². The van der Waals surface area contributed by atoms with Gasteiger partial charge in [-0.3, -0.25) is 14.6 Å². The Kier molecular flexibility index (Phi) is 6.22. The molecule has 1 saturated heterocycles. The second-order valence-electron chi connectivity index (χ2n) is 8.03. The molecule has 1 N–H and O–H groups in total. The highest BCUT2D eigenvalue weighted by Gasteiger charge is 2.46. The van der Waals surface area contributed by atoms with Crippen LogP contribution in [0.15, 0.2) is 78.6 Å². The van der Waals surface area contributed by atoms with E-state index in [0.29, 0.717) is 11.3 Å². The normalized spacial score (nSPS) is 17.6. The maximum Gasteiger partial charge on any atom is 0.295 e. The first-order chi connectivity index (χ1) is 15.8. The number of benzene rings is 2. The Bertz CT molecular complexity index is 1190. The van der Waals surface area contributed by atoms with Crippen LogP contribution in [-0.2, 0) is 16.1 Å². The topological polar surface area (TPSA) is 79.7 Å². The largest absolute Gasteiger partial charge is 0.507 e. The number of nitrogens with zero attached hydrogens (tertiary/aromatic N) is 2. The van der Waals surface area contributed by atoms with Gasteiger partial charge in [0.25, 0.3) is 11.7 Å². The fraction of sp³-hybridized carbons (Fsp3) is 0.192. The molecule has 0 aliphatic carbocycles. The second kappa shape index (κ2) is 9.24. The lowest BCUT2D eigenvalue weighted by Gasteiger charge is -2.25. The van der Waals surface area contributed by atoms with E-state index < -0.39 is 23.5 Å². The number of hydrogen-bond donors (Lipinski definition) is 1. The van der Waals surface area contributed by atoms with Gasteiger partial charge in [-0.05, 0) is 67.4 Å². The van der Waals surface area contributed by atoms with Crippen LogP contribution in [0.5, 0.6) is 5.75 Å². The summed E-state index contributed by atoms with van der Waals surface area (Å²) in [4.78, 5) is 31.6. The van der Waals surface area contributed by atoms with Gasteiger partial charge in [-0.2, -0.15) is 0 Å². The summed E-state index contributed by atoms with van der Waals surface area (Å²) in [6, 6.07) is 14.9. The molecule has 1 amide bonds. The Morgan fingerprint density at radius 1 is 1.09 bits per heavy atom. The fourth-order valence-corrected chi connectivity index (χ4v) is 3.84. The second-order valence-corrected chi connectivity index (χ2v) is 8.03. The van der Waals surface area contributed by atoms with Crippen molar-refractivity contribution in [2.24, 2.45) is 0 Å². The maximum atomic E-state index is 13.4. The van der Waals surface area contributed by atoms with Gasteiger partial charge >= 0.3 is 0 Å². The van der Waals surface area contributed by atoms with Crippen LogP contribution in [0.4, 0.5) is 4.39 Å². The van der Waals surface area contributed by atoms with E-state index >= 15 is 0 Å². The molecule has 0 bridgehead atoms. The van der Waals surface area contributed by atoms with E-state index in [1.807, 2.05) is 19.9 Å². The van der Waals surface area contributed by atoms with E-state index in [1.165, 1.54) is 29.2 Å². The van der Waals surface area contributed by atoms with Crippen LogP contribution in [0.2, 0.25) is 0 Å². The molecule has 4 rings (SSSR count). The first-order valence-electron chi connectivity index (χ1n) is 10.5. The van der Waals surface area contributed by atoms with Gasteiger partial charge in [-0.15, -0.1) is 0 Å².